The summed E-state index contributed by atoms with van der Waals surface area (Å²) in [6, 6.07) is 6.75. The zero-order chi connectivity index (χ0) is 24.2. The SMILES string of the molecule is CCc1nc(CC(C)C)nc(N2CCN(C(=O)C3CCC3)CC2)c1Cc1ccc([N+](=O)[O-])cc1. The summed E-state index contributed by atoms with van der Waals surface area (Å²) in [5, 5.41) is 11.0. The lowest BCUT2D eigenvalue weighted by atomic mass is 9.84. The van der Waals surface area contributed by atoms with E-state index in [9.17, 15) is 14.9 Å². The largest absolute Gasteiger partial charge is 0.353 e. The summed E-state index contributed by atoms with van der Waals surface area (Å²) in [5.74, 6) is 2.82. The second-order valence-corrected chi connectivity index (χ2v) is 9.88. The molecule has 1 aromatic heterocycles. The van der Waals surface area contributed by atoms with Gasteiger partial charge in [-0.2, -0.15) is 0 Å². The number of aryl methyl sites for hydroxylation is 1. The van der Waals surface area contributed by atoms with E-state index in [1.807, 2.05) is 17.0 Å². The van der Waals surface area contributed by atoms with Gasteiger partial charge in [0.05, 0.1) is 4.92 Å². The van der Waals surface area contributed by atoms with Gasteiger partial charge >= 0.3 is 0 Å². The van der Waals surface area contributed by atoms with Crippen LogP contribution in [0.4, 0.5) is 11.5 Å². The fourth-order valence-corrected chi connectivity index (χ4v) is 4.75. The highest BCUT2D eigenvalue weighted by atomic mass is 16.6. The summed E-state index contributed by atoms with van der Waals surface area (Å²) in [7, 11) is 0. The normalized spacial score (nSPS) is 16.6. The summed E-state index contributed by atoms with van der Waals surface area (Å²) in [5.41, 5.74) is 3.21. The first kappa shape index (κ1) is 24.1. The molecule has 0 unspecified atom stereocenters. The molecular weight excluding hydrogens is 430 g/mol. The molecule has 182 valence electrons. The average Bonchev–Trinajstić information content (AvgIpc) is 2.78. The highest BCUT2D eigenvalue weighted by molar-refractivity contribution is 5.80. The van der Waals surface area contributed by atoms with E-state index in [2.05, 4.69) is 25.7 Å². The zero-order valence-electron chi connectivity index (χ0n) is 20.5. The van der Waals surface area contributed by atoms with Crippen molar-refractivity contribution in [2.24, 2.45) is 11.8 Å². The number of hydrogen-bond donors (Lipinski definition) is 0. The first-order valence-corrected chi connectivity index (χ1v) is 12.5. The number of nitrogens with zero attached hydrogens (tertiary/aromatic N) is 5. The zero-order valence-corrected chi connectivity index (χ0v) is 20.5. The van der Waals surface area contributed by atoms with Crippen LogP contribution in [-0.4, -0.2) is 51.9 Å². The number of amides is 1. The van der Waals surface area contributed by atoms with Crippen LogP contribution >= 0.6 is 0 Å². The predicted octanol–water partition coefficient (Wildman–Crippen LogP) is 4.19. The van der Waals surface area contributed by atoms with Crippen LogP contribution in [0, 0.1) is 22.0 Å². The molecule has 1 amide bonds. The number of nitro benzene ring substituents is 1. The van der Waals surface area contributed by atoms with Gasteiger partial charge in [0.1, 0.15) is 11.6 Å². The number of benzene rings is 1. The average molecular weight is 466 g/mol. The molecule has 34 heavy (non-hydrogen) atoms. The molecule has 2 fully saturated rings. The predicted molar refractivity (Wildman–Crippen MR) is 132 cm³/mol. The van der Waals surface area contributed by atoms with Crippen LogP contribution in [0.25, 0.3) is 0 Å². The third-order valence-corrected chi connectivity index (χ3v) is 6.92. The third kappa shape index (κ3) is 5.37. The monoisotopic (exact) mass is 465 g/mol. The molecule has 0 N–H and O–H groups in total. The number of piperazine rings is 1. The fraction of sp³-hybridized carbons (Fsp3) is 0.577. The Morgan fingerprint density at radius 3 is 2.32 bits per heavy atom. The number of carbonyl (C=O) groups is 1. The Morgan fingerprint density at radius 2 is 1.79 bits per heavy atom. The Labute approximate surface area is 201 Å². The van der Waals surface area contributed by atoms with Gasteiger partial charge in [0.25, 0.3) is 5.69 Å². The molecule has 8 heteroatoms. The van der Waals surface area contributed by atoms with E-state index in [4.69, 9.17) is 9.97 Å². The van der Waals surface area contributed by atoms with Crippen LogP contribution < -0.4 is 4.90 Å². The van der Waals surface area contributed by atoms with Gasteiger partial charge in [-0.25, -0.2) is 9.97 Å². The molecule has 2 aliphatic rings. The Morgan fingerprint density at radius 1 is 1.12 bits per heavy atom. The van der Waals surface area contributed by atoms with Crippen LogP contribution in [0.2, 0.25) is 0 Å². The molecule has 4 rings (SSSR count). The number of non-ortho nitro benzene ring substituents is 1. The van der Waals surface area contributed by atoms with E-state index in [-0.39, 0.29) is 16.5 Å². The maximum absolute atomic E-state index is 12.7. The van der Waals surface area contributed by atoms with E-state index in [1.165, 1.54) is 6.42 Å². The van der Waals surface area contributed by atoms with Crippen molar-refractivity contribution < 1.29 is 9.72 Å². The number of nitro groups is 1. The van der Waals surface area contributed by atoms with Crippen molar-refractivity contribution in [3.8, 4) is 0 Å². The maximum Gasteiger partial charge on any atom is 0.269 e. The van der Waals surface area contributed by atoms with Gasteiger partial charge in [-0.3, -0.25) is 14.9 Å². The molecule has 0 bridgehead atoms. The minimum Gasteiger partial charge on any atom is -0.353 e. The van der Waals surface area contributed by atoms with Gasteiger partial charge in [-0.15, -0.1) is 0 Å². The molecule has 0 radical (unpaired) electrons. The van der Waals surface area contributed by atoms with Crippen molar-refractivity contribution in [2.75, 3.05) is 31.1 Å². The van der Waals surface area contributed by atoms with E-state index < -0.39 is 0 Å². The minimum absolute atomic E-state index is 0.0930. The fourth-order valence-electron chi connectivity index (χ4n) is 4.75. The molecular formula is C26H35N5O3. The summed E-state index contributed by atoms with van der Waals surface area (Å²) in [6.07, 6.45) is 5.47. The maximum atomic E-state index is 12.7. The molecule has 2 heterocycles. The van der Waals surface area contributed by atoms with Crippen LogP contribution in [0.5, 0.6) is 0 Å². The molecule has 0 atom stereocenters. The van der Waals surface area contributed by atoms with Crippen LogP contribution in [-0.2, 0) is 24.1 Å². The van der Waals surface area contributed by atoms with E-state index in [0.717, 1.165) is 80.3 Å². The number of carbonyl (C=O) groups excluding carboxylic acids is 1. The molecule has 8 nitrogen and oxygen atoms in total. The molecule has 0 spiro atoms. The molecule has 2 aromatic rings. The van der Waals surface area contributed by atoms with Crippen LogP contribution in [0.1, 0.15) is 62.7 Å². The number of rotatable bonds is 8. The second-order valence-electron chi connectivity index (χ2n) is 9.88. The second kappa shape index (κ2) is 10.5. The lowest BCUT2D eigenvalue weighted by Gasteiger charge is -2.39. The highest BCUT2D eigenvalue weighted by Crippen LogP contribution is 2.30. The standard InChI is InChI=1S/C26H35N5O3/c1-4-23-22(17-19-8-10-21(11-9-19)31(33)34)25(28-24(27-23)16-18(2)3)29-12-14-30(15-13-29)26(32)20-6-5-7-20/h8-11,18,20H,4-7,12-17H2,1-3H3. The summed E-state index contributed by atoms with van der Waals surface area (Å²) < 4.78 is 0. The van der Waals surface area contributed by atoms with Gasteiger partial charge in [-0.05, 0) is 30.7 Å². The van der Waals surface area contributed by atoms with Crippen molar-refractivity contribution in [3.63, 3.8) is 0 Å². The van der Waals surface area contributed by atoms with Crippen molar-refractivity contribution >= 4 is 17.4 Å². The van der Waals surface area contributed by atoms with E-state index in [0.29, 0.717) is 18.2 Å². The van der Waals surface area contributed by atoms with Gasteiger partial charge < -0.3 is 9.80 Å². The van der Waals surface area contributed by atoms with E-state index in [1.54, 1.807) is 12.1 Å². The summed E-state index contributed by atoms with van der Waals surface area (Å²) >= 11 is 0. The first-order chi connectivity index (χ1) is 16.4. The molecule has 1 saturated heterocycles. The molecule has 1 aromatic carbocycles. The summed E-state index contributed by atoms with van der Waals surface area (Å²) in [4.78, 5) is 37.6. The highest BCUT2D eigenvalue weighted by Gasteiger charge is 2.32. The Hall–Kier alpha value is -3.03. The van der Waals surface area contributed by atoms with Crippen LogP contribution in [0.15, 0.2) is 24.3 Å². The molecule has 1 saturated carbocycles. The Bertz CT molecular complexity index is 1030. The topological polar surface area (TPSA) is 92.5 Å². The minimum atomic E-state index is -0.374. The molecule has 1 aliphatic heterocycles. The van der Waals surface area contributed by atoms with E-state index >= 15 is 0 Å². The lowest BCUT2D eigenvalue weighted by molar-refractivity contribution is -0.384. The van der Waals surface area contributed by atoms with Gasteiger partial charge in [-0.1, -0.05) is 39.3 Å². The Balaban J connectivity index is 1.60. The van der Waals surface area contributed by atoms with Crippen molar-refractivity contribution in [1.29, 1.82) is 0 Å². The first-order valence-electron chi connectivity index (χ1n) is 12.5. The van der Waals surface area contributed by atoms with Crippen molar-refractivity contribution in [2.45, 2.75) is 59.3 Å². The number of anilines is 1. The smallest absolute Gasteiger partial charge is 0.269 e. The van der Waals surface area contributed by atoms with Crippen molar-refractivity contribution in [1.82, 2.24) is 14.9 Å². The van der Waals surface area contributed by atoms with Gasteiger partial charge in [0, 0.05) is 68.3 Å². The number of aromatic nitrogens is 2. The quantitative estimate of drug-likeness (QED) is 0.429. The van der Waals surface area contributed by atoms with Crippen LogP contribution in [0.3, 0.4) is 0 Å². The van der Waals surface area contributed by atoms with Gasteiger partial charge in [0.2, 0.25) is 5.91 Å². The van der Waals surface area contributed by atoms with Crippen molar-refractivity contribution in [3.05, 3.63) is 57.0 Å². The lowest BCUT2D eigenvalue weighted by Crippen LogP contribution is -2.51. The Kier molecular flexibility index (Phi) is 7.44. The number of hydrogen-bond acceptors (Lipinski definition) is 6. The summed E-state index contributed by atoms with van der Waals surface area (Å²) in [6.45, 7) is 9.41. The molecule has 1 aliphatic carbocycles. The third-order valence-electron chi connectivity index (χ3n) is 6.92. The van der Waals surface area contributed by atoms with Gasteiger partial charge in [0.15, 0.2) is 0 Å².